The van der Waals surface area contributed by atoms with E-state index in [1.807, 2.05) is 0 Å². The standard InChI is InChI=1S/C20H23N/c1-4-8-18-17-11-6-5-10-16(17)13-19(18)15(3)20-12-7-9-14(2)21-20/h5-7,9-12,15H,4,8,13H2,1-3H3/t15-/m0/s1. The molecule has 0 radical (unpaired) electrons. The van der Waals surface area contributed by atoms with Crippen molar-refractivity contribution in [3.8, 4) is 0 Å². The van der Waals surface area contributed by atoms with E-state index in [2.05, 4.69) is 63.2 Å². The third-order valence-electron chi connectivity index (χ3n) is 4.49. The molecule has 1 aromatic carbocycles. The van der Waals surface area contributed by atoms with Crippen LogP contribution >= 0.6 is 0 Å². The van der Waals surface area contributed by atoms with Gasteiger partial charge in [-0.25, -0.2) is 0 Å². The van der Waals surface area contributed by atoms with Gasteiger partial charge in [-0.05, 0) is 48.6 Å². The molecule has 1 nitrogen and oxygen atoms in total. The van der Waals surface area contributed by atoms with Crippen molar-refractivity contribution < 1.29 is 0 Å². The fraction of sp³-hybridized carbons (Fsp3) is 0.350. The minimum Gasteiger partial charge on any atom is -0.258 e. The van der Waals surface area contributed by atoms with Crippen LogP contribution in [0.25, 0.3) is 5.57 Å². The molecule has 1 heterocycles. The van der Waals surface area contributed by atoms with Crippen LogP contribution in [0.4, 0.5) is 0 Å². The summed E-state index contributed by atoms with van der Waals surface area (Å²) >= 11 is 0. The van der Waals surface area contributed by atoms with Crippen LogP contribution < -0.4 is 0 Å². The van der Waals surface area contributed by atoms with Crippen LogP contribution in [0.15, 0.2) is 48.0 Å². The summed E-state index contributed by atoms with van der Waals surface area (Å²) in [5.41, 5.74) is 8.38. The van der Waals surface area contributed by atoms with Crippen LogP contribution in [0.3, 0.4) is 0 Å². The highest BCUT2D eigenvalue weighted by Crippen LogP contribution is 2.41. The molecule has 0 unspecified atom stereocenters. The lowest BCUT2D eigenvalue weighted by Gasteiger charge is -2.16. The monoisotopic (exact) mass is 277 g/mol. The van der Waals surface area contributed by atoms with Crippen molar-refractivity contribution in [2.45, 2.75) is 46.0 Å². The Hall–Kier alpha value is -1.89. The molecule has 0 spiro atoms. The highest BCUT2D eigenvalue weighted by Gasteiger charge is 2.25. The topological polar surface area (TPSA) is 12.9 Å². The van der Waals surface area contributed by atoms with Crippen LogP contribution in [-0.4, -0.2) is 4.98 Å². The summed E-state index contributed by atoms with van der Waals surface area (Å²) in [6, 6.07) is 15.2. The number of aryl methyl sites for hydroxylation is 1. The molecule has 1 aromatic heterocycles. The second kappa shape index (κ2) is 5.85. The summed E-state index contributed by atoms with van der Waals surface area (Å²) in [5, 5.41) is 0. The molecule has 21 heavy (non-hydrogen) atoms. The average molecular weight is 277 g/mol. The zero-order chi connectivity index (χ0) is 14.8. The number of aromatic nitrogens is 1. The number of allylic oxidation sites excluding steroid dienone is 2. The highest BCUT2D eigenvalue weighted by atomic mass is 14.7. The summed E-state index contributed by atoms with van der Waals surface area (Å²) in [4.78, 5) is 4.74. The quantitative estimate of drug-likeness (QED) is 0.738. The van der Waals surface area contributed by atoms with Crippen LogP contribution in [0.5, 0.6) is 0 Å². The normalized spacial score (nSPS) is 15.2. The van der Waals surface area contributed by atoms with E-state index in [9.17, 15) is 0 Å². The molecule has 108 valence electrons. The summed E-state index contributed by atoms with van der Waals surface area (Å²) in [6.45, 7) is 6.64. The van der Waals surface area contributed by atoms with Gasteiger partial charge in [0.2, 0.25) is 0 Å². The number of nitrogens with zero attached hydrogens (tertiary/aromatic N) is 1. The molecule has 0 saturated carbocycles. The Labute approximate surface area is 127 Å². The smallest absolute Gasteiger partial charge is 0.0475 e. The molecule has 1 aliphatic carbocycles. The lowest BCUT2D eigenvalue weighted by Crippen LogP contribution is -2.03. The highest BCUT2D eigenvalue weighted by molar-refractivity contribution is 5.77. The van der Waals surface area contributed by atoms with Gasteiger partial charge >= 0.3 is 0 Å². The van der Waals surface area contributed by atoms with E-state index < -0.39 is 0 Å². The fourth-order valence-electron chi connectivity index (χ4n) is 3.40. The Morgan fingerprint density at radius 2 is 1.90 bits per heavy atom. The Bertz CT molecular complexity index is 682. The predicted octanol–water partition coefficient (Wildman–Crippen LogP) is 5.30. The van der Waals surface area contributed by atoms with E-state index in [1.54, 1.807) is 11.1 Å². The van der Waals surface area contributed by atoms with Crippen LogP contribution in [0, 0.1) is 6.92 Å². The predicted molar refractivity (Wildman–Crippen MR) is 89.4 cm³/mol. The van der Waals surface area contributed by atoms with Crippen LogP contribution in [-0.2, 0) is 6.42 Å². The van der Waals surface area contributed by atoms with Crippen molar-refractivity contribution in [2.24, 2.45) is 0 Å². The fourth-order valence-corrected chi connectivity index (χ4v) is 3.40. The van der Waals surface area contributed by atoms with Gasteiger partial charge in [0, 0.05) is 17.3 Å². The number of hydrogen-bond donors (Lipinski definition) is 0. The van der Waals surface area contributed by atoms with Crippen molar-refractivity contribution in [2.75, 3.05) is 0 Å². The van der Waals surface area contributed by atoms with Gasteiger partial charge in [-0.1, -0.05) is 56.2 Å². The summed E-state index contributed by atoms with van der Waals surface area (Å²) in [5.74, 6) is 0.402. The van der Waals surface area contributed by atoms with Crippen molar-refractivity contribution in [3.05, 3.63) is 70.6 Å². The van der Waals surface area contributed by atoms with Gasteiger partial charge in [0.05, 0.1) is 0 Å². The van der Waals surface area contributed by atoms with E-state index in [-0.39, 0.29) is 0 Å². The molecule has 0 saturated heterocycles. The number of rotatable bonds is 4. The molecule has 0 fully saturated rings. The SMILES string of the molecule is CCCC1=C([C@H](C)c2cccc(C)n2)Cc2ccccc21. The van der Waals surface area contributed by atoms with Crippen molar-refractivity contribution >= 4 is 5.57 Å². The second-order valence-corrected chi connectivity index (χ2v) is 6.01. The minimum atomic E-state index is 0.402. The number of hydrogen-bond acceptors (Lipinski definition) is 1. The molecule has 1 heteroatoms. The first-order valence-corrected chi connectivity index (χ1v) is 7.94. The first-order chi connectivity index (χ1) is 10.2. The maximum absolute atomic E-state index is 4.74. The summed E-state index contributed by atoms with van der Waals surface area (Å²) in [6.07, 6.45) is 3.45. The van der Waals surface area contributed by atoms with Crippen LogP contribution in [0.1, 0.15) is 55.1 Å². The van der Waals surface area contributed by atoms with Crippen LogP contribution in [0.2, 0.25) is 0 Å². The lowest BCUT2D eigenvalue weighted by molar-refractivity contribution is 0.814. The molecule has 1 atom stereocenters. The lowest BCUT2D eigenvalue weighted by atomic mass is 9.91. The van der Waals surface area contributed by atoms with E-state index in [4.69, 9.17) is 4.98 Å². The van der Waals surface area contributed by atoms with E-state index >= 15 is 0 Å². The molecule has 2 aromatic rings. The Morgan fingerprint density at radius 1 is 1.10 bits per heavy atom. The number of fused-ring (bicyclic) bond motifs is 1. The largest absolute Gasteiger partial charge is 0.258 e. The third-order valence-corrected chi connectivity index (χ3v) is 4.49. The maximum atomic E-state index is 4.74. The Kier molecular flexibility index (Phi) is 3.92. The van der Waals surface area contributed by atoms with Crippen molar-refractivity contribution in [1.82, 2.24) is 4.98 Å². The van der Waals surface area contributed by atoms with E-state index in [1.165, 1.54) is 29.7 Å². The maximum Gasteiger partial charge on any atom is 0.0475 e. The Balaban J connectivity index is 2.02. The molecular formula is C20H23N. The molecule has 1 aliphatic rings. The minimum absolute atomic E-state index is 0.402. The zero-order valence-electron chi connectivity index (χ0n) is 13.2. The number of pyridine rings is 1. The van der Waals surface area contributed by atoms with Gasteiger partial charge in [-0.2, -0.15) is 0 Å². The molecule has 0 amide bonds. The summed E-state index contributed by atoms with van der Waals surface area (Å²) in [7, 11) is 0. The van der Waals surface area contributed by atoms with E-state index in [0.29, 0.717) is 5.92 Å². The van der Waals surface area contributed by atoms with Gasteiger partial charge in [0.1, 0.15) is 0 Å². The van der Waals surface area contributed by atoms with Gasteiger partial charge in [-0.15, -0.1) is 0 Å². The first-order valence-electron chi connectivity index (χ1n) is 7.94. The molecular weight excluding hydrogens is 254 g/mol. The van der Waals surface area contributed by atoms with Gasteiger partial charge < -0.3 is 0 Å². The third kappa shape index (κ3) is 2.65. The Morgan fingerprint density at radius 3 is 2.67 bits per heavy atom. The zero-order valence-corrected chi connectivity index (χ0v) is 13.2. The van der Waals surface area contributed by atoms with E-state index in [0.717, 1.165) is 12.1 Å². The summed E-state index contributed by atoms with van der Waals surface area (Å²) < 4.78 is 0. The van der Waals surface area contributed by atoms with Gasteiger partial charge in [0.25, 0.3) is 0 Å². The first kappa shape index (κ1) is 14.1. The molecule has 0 N–H and O–H groups in total. The van der Waals surface area contributed by atoms with Gasteiger partial charge in [0.15, 0.2) is 0 Å². The molecule has 0 bridgehead atoms. The second-order valence-electron chi connectivity index (χ2n) is 6.01. The van der Waals surface area contributed by atoms with Gasteiger partial charge in [-0.3, -0.25) is 4.98 Å². The molecule has 0 aliphatic heterocycles. The van der Waals surface area contributed by atoms with Crippen molar-refractivity contribution in [1.29, 1.82) is 0 Å². The number of benzene rings is 1. The van der Waals surface area contributed by atoms with Crippen molar-refractivity contribution in [3.63, 3.8) is 0 Å². The molecule has 3 rings (SSSR count). The average Bonchev–Trinajstić information content (AvgIpc) is 2.86.